The normalized spacial score (nSPS) is 19.6. The van der Waals surface area contributed by atoms with Crippen LogP contribution in [0.1, 0.15) is 50.2 Å². The van der Waals surface area contributed by atoms with Crippen molar-refractivity contribution >= 4 is 23.2 Å². The second-order valence-electron chi connectivity index (χ2n) is 11.1. The number of nitrogens with zero attached hydrogens (tertiary/aromatic N) is 1. The van der Waals surface area contributed by atoms with E-state index in [1.165, 1.54) is 17.5 Å². The van der Waals surface area contributed by atoms with Gasteiger partial charge in [0.2, 0.25) is 5.91 Å². The van der Waals surface area contributed by atoms with Gasteiger partial charge in [-0.3, -0.25) is 9.59 Å². The van der Waals surface area contributed by atoms with Crippen molar-refractivity contribution in [1.82, 2.24) is 0 Å². The standard InChI is InChI=1S/C34H28N2O4/c37-32(35-26-13-12-22-4-3-5-24(22)16-26)23-10-8-21(9-11-23)19-36-29-7-2-1-6-27(29)34(33(36)38)20-40-31-18-30-25(14-15-39-30)17-28(31)34/h1-2,6-13,16-18H,3-5,14-15,19-20H2,(H,35,37). The number of rotatable bonds is 4. The molecule has 0 saturated carbocycles. The fourth-order valence-corrected chi connectivity index (χ4v) is 6.80. The number of aryl methyl sites for hydroxylation is 2. The van der Waals surface area contributed by atoms with Gasteiger partial charge in [0.1, 0.15) is 23.5 Å². The molecule has 1 N–H and O–H groups in total. The van der Waals surface area contributed by atoms with Crippen molar-refractivity contribution in [3.63, 3.8) is 0 Å². The molecule has 0 aromatic heterocycles. The summed E-state index contributed by atoms with van der Waals surface area (Å²) in [5.41, 5.74) is 8.15. The molecule has 1 aliphatic carbocycles. The zero-order valence-electron chi connectivity index (χ0n) is 22.0. The van der Waals surface area contributed by atoms with E-state index in [0.29, 0.717) is 18.7 Å². The number of hydrogen-bond acceptors (Lipinski definition) is 4. The monoisotopic (exact) mass is 528 g/mol. The summed E-state index contributed by atoms with van der Waals surface area (Å²) < 4.78 is 11.9. The predicted octanol–water partition coefficient (Wildman–Crippen LogP) is 5.59. The van der Waals surface area contributed by atoms with E-state index in [1.54, 1.807) is 0 Å². The molecule has 4 aliphatic rings. The van der Waals surface area contributed by atoms with Crippen molar-refractivity contribution in [2.45, 2.75) is 37.6 Å². The van der Waals surface area contributed by atoms with E-state index in [0.717, 1.165) is 64.4 Å². The molecule has 3 aliphatic heterocycles. The second kappa shape index (κ2) is 8.71. The number of carbonyl (C=O) groups excluding carboxylic acids is 2. The lowest BCUT2D eigenvalue weighted by molar-refractivity contribution is -0.122. The van der Waals surface area contributed by atoms with Crippen molar-refractivity contribution in [3.8, 4) is 11.5 Å². The Labute approximate surface area is 232 Å². The summed E-state index contributed by atoms with van der Waals surface area (Å²) in [6.07, 6.45) is 4.20. The number of anilines is 2. The molecule has 1 atom stereocenters. The summed E-state index contributed by atoms with van der Waals surface area (Å²) in [4.78, 5) is 29.1. The minimum atomic E-state index is -0.862. The van der Waals surface area contributed by atoms with Gasteiger partial charge in [0, 0.05) is 35.0 Å². The van der Waals surface area contributed by atoms with E-state index >= 15 is 0 Å². The Morgan fingerprint density at radius 1 is 0.825 bits per heavy atom. The number of hydrogen-bond donors (Lipinski definition) is 1. The van der Waals surface area contributed by atoms with Gasteiger partial charge in [-0.05, 0) is 83.5 Å². The van der Waals surface area contributed by atoms with Crippen molar-refractivity contribution in [1.29, 1.82) is 0 Å². The van der Waals surface area contributed by atoms with E-state index in [-0.39, 0.29) is 18.4 Å². The molecule has 1 spiro atoms. The number of fused-ring (bicyclic) bond motifs is 6. The smallest absolute Gasteiger partial charge is 0.255 e. The lowest BCUT2D eigenvalue weighted by atomic mass is 9.76. The Morgan fingerprint density at radius 3 is 2.58 bits per heavy atom. The minimum Gasteiger partial charge on any atom is -0.493 e. The van der Waals surface area contributed by atoms with E-state index in [4.69, 9.17) is 9.47 Å². The summed E-state index contributed by atoms with van der Waals surface area (Å²) in [6, 6.07) is 25.8. The number of carbonyl (C=O) groups is 2. The maximum Gasteiger partial charge on any atom is 0.255 e. The van der Waals surface area contributed by atoms with Crippen LogP contribution in [0.5, 0.6) is 11.5 Å². The van der Waals surface area contributed by atoms with Crippen LogP contribution in [0.15, 0.2) is 78.9 Å². The first-order valence-corrected chi connectivity index (χ1v) is 14.0. The average molecular weight is 529 g/mol. The average Bonchev–Trinajstić information content (AvgIpc) is 3.76. The van der Waals surface area contributed by atoms with Crippen molar-refractivity contribution in [2.24, 2.45) is 0 Å². The van der Waals surface area contributed by atoms with Crippen LogP contribution in [0.4, 0.5) is 11.4 Å². The van der Waals surface area contributed by atoms with Crippen molar-refractivity contribution in [2.75, 3.05) is 23.4 Å². The Morgan fingerprint density at radius 2 is 1.68 bits per heavy atom. The molecular weight excluding hydrogens is 500 g/mol. The van der Waals surface area contributed by atoms with E-state index in [9.17, 15) is 9.59 Å². The number of amides is 2. The van der Waals surface area contributed by atoms with Gasteiger partial charge in [-0.25, -0.2) is 0 Å². The fraction of sp³-hybridized carbons (Fsp3) is 0.235. The molecule has 0 saturated heterocycles. The number of para-hydroxylation sites is 1. The highest BCUT2D eigenvalue weighted by atomic mass is 16.5. The third kappa shape index (κ3) is 3.41. The molecule has 3 heterocycles. The molecule has 0 bridgehead atoms. The van der Waals surface area contributed by atoms with Gasteiger partial charge in [0.05, 0.1) is 13.2 Å². The van der Waals surface area contributed by atoms with Gasteiger partial charge in [-0.15, -0.1) is 0 Å². The topological polar surface area (TPSA) is 67.9 Å². The molecule has 8 rings (SSSR count). The maximum atomic E-state index is 14.3. The minimum absolute atomic E-state index is 0.0183. The molecular formula is C34H28N2O4. The Hall–Kier alpha value is -4.58. The summed E-state index contributed by atoms with van der Waals surface area (Å²) >= 11 is 0. The maximum absolute atomic E-state index is 14.3. The van der Waals surface area contributed by atoms with E-state index in [2.05, 4.69) is 23.5 Å². The van der Waals surface area contributed by atoms with Crippen LogP contribution in [0.3, 0.4) is 0 Å². The molecule has 6 nitrogen and oxygen atoms in total. The van der Waals surface area contributed by atoms with Gasteiger partial charge in [-0.1, -0.05) is 36.4 Å². The summed E-state index contributed by atoms with van der Waals surface area (Å²) in [5, 5.41) is 3.03. The zero-order valence-corrected chi connectivity index (χ0v) is 22.0. The van der Waals surface area contributed by atoms with E-state index < -0.39 is 5.41 Å². The molecule has 40 heavy (non-hydrogen) atoms. The third-order valence-corrected chi connectivity index (χ3v) is 8.87. The first-order chi connectivity index (χ1) is 19.6. The quantitative estimate of drug-likeness (QED) is 0.375. The highest BCUT2D eigenvalue weighted by molar-refractivity contribution is 6.11. The SMILES string of the molecule is O=C(Nc1ccc2c(c1)CCC2)c1ccc(CN2C(=O)C3(COc4cc5c(cc43)CCO5)c3ccccc32)cc1. The second-order valence-corrected chi connectivity index (χ2v) is 11.1. The van der Waals surface area contributed by atoms with Crippen LogP contribution >= 0.6 is 0 Å². The summed E-state index contributed by atoms with van der Waals surface area (Å²) in [6.45, 7) is 1.34. The molecule has 6 heteroatoms. The van der Waals surface area contributed by atoms with Gasteiger partial charge < -0.3 is 19.7 Å². The molecule has 0 fully saturated rings. The first kappa shape index (κ1) is 23.3. The number of ether oxygens (including phenoxy) is 2. The van der Waals surface area contributed by atoms with Crippen molar-refractivity contribution < 1.29 is 19.1 Å². The van der Waals surface area contributed by atoms with Crippen LogP contribution in [-0.4, -0.2) is 25.0 Å². The van der Waals surface area contributed by atoms with Crippen LogP contribution < -0.4 is 19.7 Å². The lowest BCUT2D eigenvalue weighted by Crippen LogP contribution is -2.42. The predicted molar refractivity (Wildman–Crippen MR) is 152 cm³/mol. The highest BCUT2D eigenvalue weighted by Crippen LogP contribution is 2.54. The van der Waals surface area contributed by atoms with Gasteiger partial charge >= 0.3 is 0 Å². The van der Waals surface area contributed by atoms with Gasteiger partial charge in [0.25, 0.3) is 5.91 Å². The third-order valence-electron chi connectivity index (χ3n) is 8.87. The van der Waals surface area contributed by atoms with Crippen molar-refractivity contribution in [3.05, 3.63) is 118 Å². The largest absolute Gasteiger partial charge is 0.493 e. The summed E-state index contributed by atoms with van der Waals surface area (Å²) in [5.74, 6) is 1.46. The fourth-order valence-electron chi connectivity index (χ4n) is 6.80. The number of benzene rings is 4. The van der Waals surface area contributed by atoms with Crippen LogP contribution in [0.25, 0.3) is 0 Å². The molecule has 4 aromatic carbocycles. The highest BCUT2D eigenvalue weighted by Gasteiger charge is 2.57. The van der Waals surface area contributed by atoms with E-state index in [1.807, 2.05) is 65.6 Å². The van der Waals surface area contributed by atoms with Gasteiger partial charge in [0.15, 0.2) is 0 Å². The van der Waals surface area contributed by atoms with Gasteiger partial charge in [-0.2, -0.15) is 0 Å². The van der Waals surface area contributed by atoms with Crippen LogP contribution in [0.2, 0.25) is 0 Å². The van der Waals surface area contributed by atoms with Crippen LogP contribution in [0, 0.1) is 0 Å². The molecule has 198 valence electrons. The molecule has 2 amide bonds. The Balaban J connectivity index is 1.06. The first-order valence-electron chi connectivity index (χ1n) is 14.0. The van der Waals surface area contributed by atoms with Crippen LogP contribution in [-0.2, 0) is 36.0 Å². The summed E-state index contributed by atoms with van der Waals surface area (Å²) in [7, 11) is 0. The molecule has 0 radical (unpaired) electrons. The molecule has 1 unspecified atom stereocenters. The Bertz CT molecular complexity index is 1710. The zero-order chi connectivity index (χ0) is 26.8. The number of nitrogens with one attached hydrogen (secondary N) is 1. The lowest BCUT2D eigenvalue weighted by Gasteiger charge is -2.23. The molecule has 4 aromatic rings. The Kier molecular flexibility index (Phi) is 5.08.